The minimum absolute atomic E-state index is 0.0164. The molecule has 0 bridgehead atoms. The Bertz CT molecular complexity index is 246. The summed E-state index contributed by atoms with van der Waals surface area (Å²) >= 11 is 0. The maximum absolute atomic E-state index is 11.6. The van der Waals surface area contributed by atoms with Crippen molar-refractivity contribution in [2.75, 3.05) is 13.1 Å². The molecule has 0 aliphatic carbocycles. The van der Waals surface area contributed by atoms with Crippen LogP contribution in [0.15, 0.2) is 12.2 Å². The average Bonchev–Trinajstić information content (AvgIpc) is 2.25. The van der Waals surface area contributed by atoms with E-state index in [0.29, 0.717) is 18.5 Å². The van der Waals surface area contributed by atoms with E-state index >= 15 is 0 Å². The number of carbonyl (C=O) groups excluding carboxylic acids is 1. The van der Waals surface area contributed by atoms with Crippen LogP contribution in [0, 0.1) is 0 Å². The second-order valence-electron chi connectivity index (χ2n) is 4.42. The fraction of sp³-hybridized carbons (Fsp3) is 0.727. The molecule has 1 fully saturated rings. The monoisotopic (exact) mass is 197 g/mol. The minimum atomic E-state index is -0.607. The van der Waals surface area contributed by atoms with Crippen LogP contribution >= 0.6 is 0 Å². The molecule has 1 N–H and O–H groups in total. The molecule has 1 unspecified atom stereocenters. The fourth-order valence-electron chi connectivity index (χ4n) is 1.74. The quantitative estimate of drug-likeness (QED) is 0.644. The fourth-order valence-corrected chi connectivity index (χ4v) is 1.74. The molecule has 0 aromatic carbocycles. The Morgan fingerprint density at radius 3 is 2.64 bits per heavy atom. The van der Waals surface area contributed by atoms with Gasteiger partial charge in [-0.15, -0.1) is 0 Å². The van der Waals surface area contributed by atoms with Crippen LogP contribution in [0.3, 0.4) is 0 Å². The Hall–Kier alpha value is -0.830. The van der Waals surface area contributed by atoms with E-state index in [9.17, 15) is 9.90 Å². The van der Waals surface area contributed by atoms with E-state index in [2.05, 4.69) is 6.58 Å². The summed E-state index contributed by atoms with van der Waals surface area (Å²) in [4.78, 5) is 13.4. The van der Waals surface area contributed by atoms with E-state index in [-0.39, 0.29) is 5.91 Å². The van der Waals surface area contributed by atoms with Crippen LogP contribution < -0.4 is 0 Å². The lowest BCUT2D eigenvalue weighted by Gasteiger charge is -2.22. The van der Waals surface area contributed by atoms with Crippen LogP contribution in [0.1, 0.15) is 33.1 Å². The molecule has 1 aliphatic rings. The third-order valence-corrected chi connectivity index (χ3v) is 2.72. The zero-order chi connectivity index (χ0) is 10.8. The molecule has 0 spiro atoms. The molecular weight excluding hydrogens is 178 g/mol. The zero-order valence-corrected chi connectivity index (χ0v) is 9.05. The van der Waals surface area contributed by atoms with Crippen molar-refractivity contribution < 1.29 is 9.90 Å². The van der Waals surface area contributed by atoms with Crippen LogP contribution in [-0.4, -0.2) is 34.6 Å². The summed E-state index contributed by atoms with van der Waals surface area (Å²) in [6, 6.07) is 0. The van der Waals surface area contributed by atoms with E-state index in [1.54, 1.807) is 11.8 Å². The molecule has 1 heterocycles. The summed E-state index contributed by atoms with van der Waals surface area (Å²) in [6.45, 7) is 8.58. The molecule has 3 heteroatoms. The molecule has 1 aliphatic heterocycles. The standard InChI is InChI=1S/C11H19NO2/c1-9(2)10(13)12-7-4-5-11(3,14)6-8-12/h14H,1,4-8H2,2-3H3. The lowest BCUT2D eigenvalue weighted by Crippen LogP contribution is -2.33. The molecule has 80 valence electrons. The minimum Gasteiger partial charge on any atom is -0.390 e. The van der Waals surface area contributed by atoms with E-state index in [1.807, 2.05) is 6.92 Å². The summed E-state index contributed by atoms with van der Waals surface area (Å²) < 4.78 is 0. The molecule has 1 saturated heterocycles. The predicted octanol–water partition coefficient (Wildman–Crippen LogP) is 1.33. The van der Waals surface area contributed by atoms with Gasteiger partial charge in [0.05, 0.1) is 5.60 Å². The Kier molecular flexibility index (Phi) is 3.32. The molecule has 3 nitrogen and oxygen atoms in total. The number of hydrogen-bond acceptors (Lipinski definition) is 2. The van der Waals surface area contributed by atoms with E-state index in [0.717, 1.165) is 19.4 Å². The number of nitrogens with zero attached hydrogens (tertiary/aromatic N) is 1. The smallest absolute Gasteiger partial charge is 0.248 e. The van der Waals surface area contributed by atoms with Crippen molar-refractivity contribution in [3.8, 4) is 0 Å². The van der Waals surface area contributed by atoms with Crippen molar-refractivity contribution in [3.05, 3.63) is 12.2 Å². The highest BCUT2D eigenvalue weighted by atomic mass is 16.3. The number of hydrogen-bond donors (Lipinski definition) is 1. The second kappa shape index (κ2) is 4.13. The third kappa shape index (κ3) is 2.84. The molecule has 0 aromatic rings. The van der Waals surface area contributed by atoms with Gasteiger partial charge in [-0.2, -0.15) is 0 Å². The Morgan fingerprint density at radius 1 is 1.43 bits per heavy atom. The summed E-state index contributed by atoms with van der Waals surface area (Å²) in [7, 11) is 0. The predicted molar refractivity (Wildman–Crippen MR) is 55.9 cm³/mol. The molecule has 0 saturated carbocycles. The highest BCUT2D eigenvalue weighted by molar-refractivity contribution is 5.92. The van der Waals surface area contributed by atoms with Crippen LogP contribution in [0.25, 0.3) is 0 Å². The van der Waals surface area contributed by atoms with Crippen molar-refractivity contribution >= 4 is 5.91 Å². The van der Waals surface area contributed by atoms with Gasteiger partial charge >= 0.3 is 0 Å². The van der Waals surface area contributed by atoms with Gasteiger partial charge in [0.25, 0.3) is 0 Å². The van der Waals surface area contributed by atoms with Gasteiger partial charge in [0.2, 0.25) is 5.91 Å². The zero-order valence-electron chi connectivity index (χ0n) is 9.05. The molecule has 1 atom stereocenters. The highest BCUT2D eigenvalue weighted by Crippen LogP contribution is 2.21. The summed E-state index contributed by atoms with van der Waals surface area (Å²) in [6.07, 6.45) is 2.30. The molecule has 0 radical (unpaired) electrons. The topological polar surface area (TPSA) is 40.5 Å². The van der Waals surface area contributed by atoms with Crippen molar-refractivity contribution in [1.29, 1.82) is 0 Å². The first kappa shape index (κ1) is 11.2. The second-order valence-corrected chi connectivity index (χ2v) is 4.42. The average molecular weight is 197 g/mol. The number of amides is 1. The Morgan fingerprint density at radius 2 is 2.07 bits per heavy atom. The first-order valence-corrected chi connectivity index (χ1v) is 5.09. The van der Waals surface area contributed by atoms with E-state index < -0.39 is 5.60 Å². The lowest BCUT2D eigenvalue weighted by atomic mass is 9.98. The van der Waals surface area contributed by atoms with Crippen LogP contribution in [0.4, 0.5) is 0 Å². The lowest BCUT2D eigenvalue weighted by molar-refractivity contribution is -0.127. The summed E-state index contributed by atoms with van der Waals surface area (Å²) in [5.74, 6) is 0.0164. The number of aliphatic hydroxyl groups is 1. The van der Waals surface area contributed by atoms with Crippen LogP contribution in [0.5, 0.6) is 0 Å². The van der Waals surface area contributed by atoms with Gasteiger partial charge in [0.1, 0.15) is 0 Å². The van der Waals surface area contributed by atoms with Gasteiger partial charge in [-0.25, -0.2) is 0 Å². The van der Waals surface area contributed by atoms with Gasteiger partial charge in [0.15, 0.2) is 0 Å². The van der Waals surface area contributed by atoms with Crippen LogP contribution in [-0.2, 0) is 4.79 Å². The first-order chi connectivity index (χ1) is 6.42. The molecule has 0 aromatic heterocycles. The number of likely N-dealkylation sites (tertiary alicyclic amines) is 1. The molecular formula is C11H19NO2. The third-order valence-electron chi connectivity index (χ3n) is 2.72. The van der Waals surface area contributed by atoms with Crippen molar-refractivity contribution in [2.24, 2.45) is 0 Å². The molecule has 1 amide bonds. The van der Waals surface area contributed by atoms with E-state index in [1.165, 1.54) is 0 Å². The van der Waals surface area contributed by atoms with Crippen LogP contribution in [0.2, 0.25) is 0 Å². The van der Waals surface area contributed by atoms with Crippen molar-refractivity contribution in [1.82, 2.24) is 4.90 Å². The normalized spacial score (nSPS) is 28.4. The van der Waals surface area contributed by atoms with Gasteiger partial charge in [-0.05, 0) is 33.1 Å². The first-order valence-electron chi connectivity index (χ1n) is 5.09. The van der Waals surface area contributed by atoms with E-state index in [4.69, 9.17) is 0 Å². The summed E-state index contributed by atoms with van der Waals surface area (Å²) in [5, 5.41) is 9.83. The summed E-state index contributed by atoms with van der Waals surface area (Å²) in [5.41, 5.74) is -0.0315. The van der Waals surface area contributed by atoms with Crippen molar-refractivity contribution in [2.45, 2.75) is 38.7 Å². The van der Waals surface area contributed by atoms with Crippen molar-refractivity contribution in [3.63, 3.8) is 0 Å². The van der Waals surface area contributed by atoms with Gasteiger partial charge in [0, 0.05) is 18.7 Å². The SMILES string of the molecule is C=C(C)C(=O)N1CCCC(C)(O)CC1. The molecule has 14 heavy (non-hydrogen) atoms. The number of carbonyl (C=O) groups is 1. The largest absolute Gasteiger partial charge is 0.390 e. The van der Waals surface area contributed by atoms with Gasteiger partial charge < -0.3 is 10.0 Å². The Balaban J connectivity index is 2.58. The molecule has 1 rings (SSSR count). The van der Waals surface area contributed by atoms with Gasteiger partial charge in [-0.3, -0.25) is 4.79 Å². The maximum atomic E-state index is 11.6. The maximum Gasteiger partial charge on any atom is 0.248 e. The van der Waals surface area contributed by atoms with Gasteiger partial charge in [-0.1, -0.05) is 6.58 Å². The Labute approximate surface area is 85.4 Å². The number of rotatable bonds is 1. The highest BCUT2D eigenvalue weighted by Gasteiger charge is 2.26.